The molecule has 0 unspecified atom stereocenters. The van der Waals surface area contributed by atoms with E-state index in [2.05, 4.69) is 5.32 Å². The fourth-order valence-electron chi connectivity index (χ4n) is 1.98. The van der Waals surface area contributed by atoms with E-state index < -0.39 is 5.82 Å². The van der Waals surface area contributed by atoms with Gasteiger partial charge in [-0.3, -0.25) is 0 Å². The van der Waals surface area contributed by atoms with E-state index in [1.54, 1.807) is 12.1 Å². The Morgan fingerprint density at radius 3 is 2.67 bits per heavy atom. The van der Waals surface area contributed by atoms with Crippen LogP contribution in [-0.4, -0.2) is 6.04 Å². The van der Waals surface area contributed by atoms with Crippen molar-refractivity contribution in [3.63, 3.8) is 0 Å². The van der Waals surface area contributed by atoms with E-state index in [4.69, 9.17) is 27.9 Å². The molecule has 1 saturated carbocycles. The normalized spacial score (nSPS) is 14.2. The van der Waals surface area contributed by atoms with Crippen molar-refractivity contribution in [3.8, 4) is 11.5 Å². The molecule has 0 aromatic heterocycles. The van der Waals surface area contributed by atoms with E-state index in [9.17, 15) is 4.39 Å². The molecule has 0 atom stereocenters. The molecule has 1 aliphatic rings. The first kappa shape index (κ1) is 14.6. The van der Waals surface area contributed by atoms with E-state index in [-0.39, 0.29) is 5.02 Å². The topological polar surface area (TPSA) is 21.3 Å². The maximum Gasteiger partial charge on any atom is 0.145 e. The zero-order valence-corrected chi connectivity index (χ0v) is 12.7. The standard InChI is InChI=1S/C16H14Cl2FNO/c17-11-2-1-10(9-20-12-3-4-12)16(7-11)21-13-5-6-14(18)15(19)8-13/h1-2,5-8,12,20H,3-4,9H2. The van der Waals surface area contributed by atoms with Gasteiger partial charge in [-0.25, -0.2) is 4.39 Å². The molecule has 2 nitrogen and oxygen atoms in total. The van der Waals surface area contributed by atoms with Gasteiger partial charge in [-0.05, 0) is 37.1 Å². The average molecular weight is 326 g/mol. The summed E-state index contributed by atoms with van der Waals surface area (Å²) in [7, 11) is 0. The van der Waals surface area contributed by atoms with E-state index >= 15 is 0 Å². The Morgan fingerprint density at radius 2 is 1.95 bits per heavy atom. The van der Waals surface area contributed by atoms with Gasteiger partial charge in [0.05, 0.1) is 5.02 Å². The summed E-state index contributed by atoms with van der Waals surface area (Å²) in [5.41, 5.74) is 0.988. The lowest BCUT2D eigenvalue weighted by molar-refractivity contribution is 0.467. The first-order valence-electron chi connectivity index (χ1n) is 6.76. The van der Waals surface area contributed by atoms with E-state index in [1.165, 1.54) is 25.0 Å². The molecule has 0 saturated heterocycles. The van der Waals surface area contributed by atoms with Gasteiger partial charge < -0.3 is 10.1 Å². The zero-order valence-electron chi connectivity index (χ0n) is 11.2. The highest BCUT2D eigenvalue weighted by Crippen LogP contribution is 2.31. The lowest BCUT2D eigenvalue weighted by Crippen LogP contribution is -2.15. The highest BCUT2D eigenvalue weighted by atomic mass is 35.5. The van der Waals surface area contributed by atoms with Gasteiger partial charge in [0, 0.05) is 29.2 Å². The van der Waals surface area contributed by atoms with Crippen molar-refractivity contribution in [2.45, 2.75) is 25.4 Å². The van der Waals surface area contributed by atoms with Gasteiger partial charge >= 0.3 is 0 Å². The second-order valence-electron chi connectivity index (χ2n) is 5.09. The van der Waals surface area contributed by atoms with Gasteiger partial charge in [-0.2, -0.15) is 0 Å². The predicted molar refractivity (Wildman–Crippen MR) is 82.8 cm³/mol. The summed E-state index contributed by atoms with van der Waals surface area (Å²) in [4.78, 5) is 0. The number of ether oxygens (including phenoxy) is 1. The van der Waals surface area contributed by atoms with Crippen LogP contribution in [-0.2, 0) is 6.54 Å². The van der Waals surface area contributed by atoms with Crippen LogP contribution >= 0.6 is 23.2 Å². The summed E-state index contributed by atoms with van der Waals surface area (Å²) in [6, 6.07) is 10.4. The Kier molecular flexibility index (Phi) is 4.34. The molecule has 0 heterocycles. The molecule has 110 valence electrons. The van der Waals surface area contributed by atoms with Crippen LogP contribution in [0, 0.1) is 5.82 Å². The van der Waals surface area contributed by atoms with Crippen LogP contribution in [0.1, 0.15) is 18.4 Å². The Morgan fingerprint density at radius 1 is 1.14 bits per heavy atom. The second-order valence-corrected chi connectivity index (χ2v) is 5.93. The molecule has 0 spiro atoms. The summed E-state index contributed by atoms with van der Waals surface area (Å²) >= 11 is 11.7. The summed E-state index contributed by atoms with van der Waals surface area (Å²) in [5.74, 6) is 0.512. The molecule has 21 heavy (non-hydrogen) atoms. The highest BCUT2D eigenvalue weighted by molar-refractivity contribution is 6.31. The first-order chi connectivity index (χ1) is 10.1. The van der Waals surface area contributed by atoms with Gasteiger partial charge in [0.15, 0.2) is 0 Å². The molecule has 1 N–H and O–H groups in total. The molecule has 1 fully saturated rings. The van der Waals surface area contributed by atoms with Crippen LogP contribution in [0.15, 0.2) is 36.4 Å². The molecule has 0 amide bonds. The van der Waals surface area contributed by atoms with Crippen molar-refractivity contribution in [3.05, 3.63) is 57.8 Å². The smallest absolute Gasteiger partial charge is 0.145 e. The lowest BCUT2D eigenvalue weighted by atomic mass is 10.2. The third-order valence-electron chi connectivity index (χ3n) is 3.31. The summed E-state index contributed by atoms with van der Waals surface area (Å²) in [5, 5.41) is 4.07. The van der Waals surface area contributed by atoms with Crippen molar-refractivity contribution in [2.75, 3.05) is 0 Å². The van der Waals surface area contributed by atoms with E-state index in [0.29, 0.717) is 29.1 Å². The monoisotopic (exact) mass is 325 g/mol. The molecule has 5 heteroatoms. The van der Waals surface area contributed by atoms with Crippen molar-refractivity contribution in [1.29, 1.82) is 0 Å². The Hall–Kier alpha value is -1.29. The van der Waals surface area contributed by atoms with Crippen LogP contribution in [0.25, 0.3) is 0 Å². The second kappa shape index (κ2) is 6.22. The quantitative estimate of drug-likeness (QED) is 0.818. The average Bonchev–Trinajstić information content (AvgIpc) is 3.26. The molecule has 0 bridgehead atoms. The van der Waals surface area contributed by atoms with Crippen molar-refractivity contribution < 1.29 is 9.13 Å². The number of halogens is 3. The maximum absolute atomic E-state index is 13.5. The number of hydrogen-bond donors (Lipinski definition) is 1. The van der Waals surface area contributed by atoms with Gasteiger partial charge in [0.2, 0.25) is 0 Å². The largest absolute Gasteiger partial charge is 0.457 e. The SMILES string of the molecule is Fc1cc(Oc2cc(Cl)ccc2CNC2CC2)ccc1Cl. The van der Waals surface area contributed by atoms with Crippen molar-refractivity contribution in [1.82, 2.24) is 5.32 Å². The number of hydrogen-bond acceptors (Lipinski definition) is 2. The molecule has 2 aromatic carbocycles. The summed E-state index contributed by atoms with van der Waals surface area (Å²) in [6.45, 7) is 0.702. The molecule has 0 radical (unpaired) electrons. The van der Waals surface area contributed by atoms with E-state index in [1.807, 2.05) is 12.1 Å². The fraction of sp³-hybridized carbons (Fsp3) is 0.250. The molecule has 0 aliphatic heterocycles. The van der Waals surface area contributed by atoms with Crippen LogP contribution < -0.4 is 10.1 Å². The van der Waals surface area contributed by atoms with Crippen molar-refractivity contribution in [2.24, 2.45) is 0 Å². The minimum Gasteiger partial charge on any atom is -0.457 e. The van der Waals surface area contributed by atoms with Crippen LogP contribution in [0.2, 0.25) is 10.0 Å². The molecule has 1 aliphatic carbocycles. The van der Waals surface area contributed by atoms with Crippen LogP contribution in [0.3, 0.4) is 0 Å². The molecular formula is C16H14Cl2FNO. The Bertz CT molecular complexity index is 659. The number of benzene rings is 2. The maximum atomic E-state index is 13.5. The van der Waals surface area contributed by atoms with Crippen molar-refractivity contribution >= 4 is 23.2 Å². The van der Waals surface area contributed by atoms with Gasteiger partial charge in [-0.15, -0.1) is 0 Å². The Labute approximate surface area is 132 Å². The number of rotatable bonds is 5. The summed E-state index contributed by atoms with van der Waals surface area (Å²) in [6.07, 6.45) is 2.43. The summed E-state index contributed by atoms with van der Waals surface area (Å²) < 4.78 is 19.2. The van der Waals surface area contributed by atoms with E-state index in [0.717, 1.165) is 5.56 Å². The highest BCUT2D eigenvalue weighted by Gasteiger charge is 2.20. The number of nitrogens with one attached hydrogen (secondary N) is 1. The lowest BCUT2D eigenvalue weighted by Gasteiger charge is -2.12. The molecule has 2 aromatic rings. The predicted octanol–water partition coefficient (Wildman–Crippen LogP) is 5.18. The molecular weight excluding hydrogens is 312 g/mol. The van der Waals surface area contributed by atoms with Crippen LogP contribution in [0.5, 0.6) is 11.5 Å². The minimum absolute atomic E-state index is 0.0732. The van der Waals surface area contributed by atoms with Crippen LogP contribution in [0.4, 0.5) is 4.39 Å². The van der Waals surface area contributed by atoms with Gasteiger partial charge in [0.25, 0.3) is 0 Å². The van der Waals surface area contributed by atoms with Gasteiger partial charge in [-0.1, -0.05) is 29.3 Å². The first-order valence-corrected chi connectivity index (χ1v) is 7.52. The zero-order chi connectivity index (χ0) is 14.8. The van der Waals surface area contributed by atoms with Gasteiger partial charge in [0.1, 0.15) is 17.3 Å². The third kappa shape index (κ3) is 3.88. The fourth-order valence-corrected chi connectivity index (χ4v) is 2.26. The Balaban J connectivity index is 1.81. The molecule has 3 rings (SSSR count). The minimum atomic E-state index is -0.506. The third-order valence-corrected chi connectivity index (χ3v) is 3.85.